The summed E-state index contributed by atoms with van der Waals surface area (Å²) in [7, 11) is 0. The van der Waals surface area contributed by atoms with Crippen molar-refractivity contribution in [2.45, 2.75) is 26.4 Å². The number of cyclic esters (lactones) is 1. The summed E-state index contributed by atoms with van der Waals surface area (Å²) in [6.07, 6.45) is -0.0411. The smallest absolute Gasteiger partial charge is 0.377 e. The van der Waals surface area contributed by atoms with E-state index in [4.69, 9.17) is 14.2 Å². The molecular formula is C18H22O6. The summed E-state index contributed by atoms with van der Waals surface area (Å²) in [6, 6.07) is 9.62. The second kappa shape index (κ2) is 8.59. The van der Waals surface area contributed by atoms with Gasteiger partial charge in [-0.15, -0.1) is 0 Å². The van der Waals surface area contributed by atoms with Crippen molar-refractivity contribution in [2.24, 2.45) is 11.8 Å². The van der Waals surface area contributed by atoms with E-state index in [1.54, 1.807) is 13.8 Å². The highest BCUT2D eigenvalue weighted by atomic mass is 16.6. The molecule has 0 bridgehead atoms. The first-order valence-electron chi connectivity index (χ1n) is 7.99. The molecular weight excluding hydrogens is 312 g/mol. The molecule has 1 aromatic carbocycles. The maximum atomic E-state index is 12.0. The van der Waals surface area contributed by atoms with Crippen LogP contribution in [0.1, 0.15) is 19.4 Å². The standard InChI is InChI=1S/C18H22O6/c1-12(2)17(20)24-16-11-22-10-15(19)18(21)23-9-14(16)8-13-6-4-3-5-7-13/h3-7,12,14,16H,8-11H2,1-2H3. The van der Waals surface area contributed by atoms with E-state index in [1.165, 1.54) is 0 Å². The number of benzene rings is 1. The lowest BCUT2D eigenvalue weighted by molar-refractivity contribution is -0.161. The Bertz CT molecular complexity index is 580. The van der Waals surface area contributed by atoms with Crippen LogP contribution >= 0.6 is 0 Å². The van der Waals surface area contributed by atoms with Crippen molar-refractivity contribution in [1.82, 2.24) is 0 Å². The largest absolute Gasteiger partial charge is 0.459 e. The van der Waals surface area contributed by atoms with E-state index in [1.807, 2.05) is 30.3 Å². The summed E-state index contributed by atoms with van der Waals surface area (Å²) in [6.45, 7) is 3.17. The molecule has 24 heavy (non-hydrogen) atoms. The lowest BCUT2D eigenvalue weighted by Gasteiger charge is -2.26. The van der Waals surface area contributed by atoms with Gasteiger partial charge in [0.05, 0.1) is 19.1 Å². The molecule has 0 aromatic heterocycles. The number of ether oxygens (including phenoxy) is 3. The molecule has 1 fully saturated rings. The van der Waals surface area contributed by atoms with Crippen LogP contribution in [0.15, 0.2) is 30.3 Å². The van der Waals surface area contributed by atoms with Gasteiger partial charge in [-0.05, 0) is 12.0 Å². The molecule has 1 aliphatic heterocycles. The van der Waals surface area contributed by atoms with Crippen LogP contribution in [0.25, 0.3) is 0 Å². The van der Waals surface area contributed by atoms with Gasteiger partial charge in [0.1, 0.15) is 12.7 Å². The van der Waals surface area contributed by atoms with E-state index in [0.29, 0.717) is 6.42 Å². The Balaban J connectivity index is 2.17. The van der Waals surface area contributed by atoms with Gasteiger partial charge in [-0.25, -0.2) is 4.79 Å². The average Bonchev–Trinajstić information content (AvgIpc) is 2.62. The first-order chi connectivity index (χ1) is 11.5. The Morgan fingerprint density at radius 3 is 2.58 bits per heavy atom. The normalized spacial score (nSPS) is 22.3. The van der Waals surface area contributed by atoms with Gasteiger partial charge < -0.3 is 14.2 Å². The van der Waals surface area contributed by atoms with Crippen LogP contribution in [0.3, 0.4) is 0 Å². The summed E-state index contributed by atoms with van der Waals surface area (Å²) in [5.74, 6) is -2.56. The Morgan fingerprint density at radius 2 is 1.92 bits per heavy atom. The molecule has 0 aliphatic carbocycles. The van der Waals surface area contributed by atoms with E-state index >= 15 is 0 Å². The van der Waals surface area contributed by atoms with Crippen molar-refractivity contribution in [2.75, 3.05) is 19.8 Å². The van der Waals surface area contributed by atoms with Crippen LogP contribution in [0.5, 0.6) is 0 Å². The predicted octanol–water partition coefficient (Wildman–Crippen LogP) is 1.56. The molecule has 0 saturated carbocycles. The van der Waals surface area contributed by atoms with Gasteiger partial charge in [-0.1, -0.05) is 44.2 Å². The van der Waals surface area contributed by atoms with Crippen LogP contribution < -0.4 is 0 Å². The van der Waals surface area contributed by atoms with Crippen LogP contribution in [-0.2, 0) is 35.0 Å². The van der Waals surface area contributed by atoms with E-state index < -0.39 is 17.9 Å². The summed E-state index contributed by atoms with van der Waals surface area (Å²) < 4.78 is 15.9. The van der Waals surface area contributed by atoms with Crippen molar-refractivity contribution >= 4 is 17.7 Å². The van der Waals surface area contributed by atoms with Gasteiger partial charge in [0.25, 0.3) is 5.78 Å². The van der Waals surface area contributed by atoms with Crippen molar-refractivity contribution in [1.29, 1.82) is 0 Å². The first kappa shape index (κ1) is 18.1. The Labute approximate surface area is 141 Å². The molecule has 6 heteroatoms. The highest BCUT2D eigenvalue weighted by Gasteiger charge is 2.31. The van der Waals surface area contributed by atoms with E-state index in [0.717, 1.165) is 5.56 Å². The average molecular weight is 334 g/mol. The first-order valence-corrected chi connectivity index (χ1v) is 7.99. The molecule has 0 amide bonds. The van der Waals surface area contributed by atoms with Crippen LogP contribution in [0.4, 0.5) is 0 Å². The lowest BCUT2D eigenvalue weighted by atomic mass is 9.94. The van der Waals surface area contributed by atoms with Gasteiger partial charge in [0, 0.05) is 5.92 Å². The van der Waals surface area contributed by atoms with Crippen molar-refractivity contribution < 1.29 is 28.6 Å². The molecule has 6 nitrogen and oxygen atoms in total. The van der Waals surface area contributed by atoms with Gasteiger partial charge in [-0.3, -0.25) is 9.59 Å². The molecule has 1 aliphatic rings. The van der Waals surface area contributed by atoms with Crippen LogP contribution in [0, 0.1) is 11.8 Å². The molecule has 2 unspecified atom stereocenters. The second-order valence-electron chi connectivity index (χ2n) is 6.12. The predicted molar refractivity (Wildman–Crippen MR) is 85.1 cm³/mol. The number of carbonyl (C=O) groups is 3. The number of ketones is 1. The van der Waals surface area contributed by atoms with Gasteiger partial charge in [0.2, 0.25) is 0 Å². The molecule has 130 valence electrons. The molecule has 1 heterocycles. The van der Waals surface area contributed by atoms with Crippen LogP contribution in [-0.4, -0.2) is 43.6 Å². The molecule has 0 radical (unpaired) electrons. The van der Waals surface area contributed by atoms with Crippen LogP contribution in [0.2, 0.25) is 0 Å². The summed E-state index contributed by atoms with van der Waals surface area (Å²) in [5.41, 5.74) is 1.02. The van der Waals surface area contributed by atoms with Crippen molar-refractivity contribution in [3.05, 3.63) is 35.9 Å². The maximum Gasteiger partial charge on any atom is 0.377 e. The number of carbonyl (C=O) groups excluding carboxylic acids is 3. The fourth-order valence-electron chi connectivity index (χ4n) is 2.36. The second-order valence-corrected chi connectivity index (χ2v) is 6.12. The summed E-state index contributed by atoms with van der Waals surface area (Å²) in [4.78, 5) is 35.1. The minimum absolute atomic E-state index is 0.00112. The SMILES string of the molecule is CC(C)C(=O)OC1COCC(=O)C(=O)OCC1Cc1ccccc1. The highest BCUT2D eigenvalue weighted by molar-refractivity contribution is 6.34. The zero-order valence-corrected chi connectivity index (χ0v) is 13.9. The minimum Gasteiger partial charge on any atom is -0.459 e. The highest BCUT2D eigenvalue weighted by Crippen LogP contribution is 2.19. The zero-order valence-electron chi connectivity index (χ0n) is 13.9. The summed E-state index contributed by atoms with van der Waals surface area (Å²) >= 11 is 0. The minimum atomic E-state index is -0.913. The number of esters is 2. The summed E-state index contributed by atoms with van der Waals surface area (Å²) in [5, 5.41) is 0. The Morgan fingerprint density at radius 1 is 1.21 bits per heavy atom. The number of Topliss-reactive ketones (excluding diaryl/α,β-unsaturated/α-hetero) is 1. The van der Waals surface area contributed by atoms with Gasteiger partial charge in [-0.2, -0.15) is 0 Å². The third-order valence-corrected chi connectivity index (χ3v) is 3.78. The van der Waals surface area contributed by atoms with Crippen molar-refractivity contribution in [3.8, 4) is 0 Å². The number of rotatable bonds is 4. The molecule has 1 aromatic rings. The Kier molecular flexibility index (Phi) is 6.49. The molecule has 0 N–H and O–H groups in total. The van der Waals surface area contributed by atoms with E-state index in [2.05, 4.69) is 0 Å². The third-order valence-electron chi connectivity index (χ3n) is 3.78. The van der Waals surface area contributed by atoms with Crippen molar-refractivity contribution in [3.63, 3.8) is 0 Å². The van der Waals surface area contributed by atoms with Gasteiger partial charge >= 0.3 is 11.9 Å². The topological polar surface area (TPSA) is 78.9 Å². The molecule has 2 atom stereocenters. The molecule has 1 saturated heterocycles. The lowest BCUT2D eigenvalue weighted by Crippen LogP contribution is -2.36. The van der Waals surface area contributed by atoms with E-state index in [-0.39, 0.29) is 37.6 Å². The number of hydrogen-bond acceptors (Lipinski definition) is 6. The molecule has 2 rings (SSSR count). The molecule has 0 spiro atoms. The fourth-order valence-corrected chi connectivity index (χ4v) is 2.36. The van der Waals surface area contributed by atoms with Gasteiger partial charge in [0.15, 0.2) is 0 Å². The Hall–Kier alpha value is -2.21. The number of hydrogen-bond donors (Lipinski definition) is 0. The monoisotopic (exact) mass is 334 g/mol. The zero-order chi connectivity index (χ0) is 17.5. The fraction of sp³-hybridized carbons (Fsp3) is 0.500. The maximum absolute atomic E-state index is 12.0. The van der Waals surface area contributed by atoms with E-state index in [9.17, 15) is 14.4 Å². The third kappa shape index (κ3) is 5.16. The quantitative estimate of drug-likeness (QED) is 0.614.